The number of allylic oxidation sites excluding steroid dienone is 2. The van der Waals surface area contributed by atoms with Gasteiger partial charge in [-0.3, -0.25) is 0 Å². The molecule has 2 heteroatoms. The summed E-state index contributed by atoms with van der Waals surface area (Å²) in [6, 6.07) is 27.9. The zero-order valence-electron chi connectivity index (χ0n) is 16.3. The summed E-state index contributed by atoms with van der Waals surface area (Å²) < 4.78 is 11.0. The van der Waals surface area contributed by atoms with Crippen molar-refractivity contribution < 1.29 is 9.47 Å². The van der Waals surface area contributed by atoms with Crippen LogP contribution in [0.3, 0.4) is 0 Å². The lowest BCUT2D eigenvalue weighted by Gasteiger charge is -2.29. The summed E-state index contributed by atoms with van der Waals surface area (Å²) in [6.45, 7) is 0. The Hall–Kier alpha value is -2.94. The summed E-state index contributed by atoms with van der Waals surface area (Å²) in [5.74, 6) is -0.635. The van der Waals surface area contributed by atoms with Gasteiger partial charge < -0.3 is 9.47 Å². The summed E-state index contributed by atoms with van der Waals surface area (Å²) in [5.41, 5.74) is 7.29. The molecule has 0 unspecified atom stereocenters. The van der Waals surface area contributed by atoms with Gasteiger partial charge in [0.15, 0.2) is 5.79 Å². The van der Waals surface area contributed by atoms with E-state index in [0.717, 1.165) is 0 Å². The topological polar surface area (TPSA) is 18.5 Å². The fourth-order valence-electron chi connectivity index (χ4n) is 3.55. The number of methoxy groups -OCH3 is 2. The van der Waals surface area contributed by atoms with Crippen LogP contribution < -0.4 is 0 Å². The van der Waals surface area contributed by atoms with Gasteiger partial charge in [-0.15, -0.1) is 0 Å². The Morgan fingerprint density at radius 3 is 1.50 bits per heavy atom. The van der Waals surface area contributed by atoms with Gasteiger partial charge in [0.25, 0.3) is 0 Å². The van der Waals surface area contributed by atoms with Crippen molar-refractivity contribution >= 4 is 5.57 Å². The summed E-state index contributed by atoms with van der Waals surface area (Å²) in [5, 5.41) is 0. The second-order valence-electron chi connectivity index (χ2n) is 6.94. The fraction of sp³-hybridized carbons (Fsp3) is 0.154. The predicted molar refractivity (Wildman–Crippen MR) is 116 cm³/mol. The molecule has 3 aromatic rings. The van der Waals surface area contributed by atoms with Crippen molar-refractivity contribution in [1.29, 1.82) is 0 Å². The van der Waals surface area contributed by atoms with Crippen LogP contribution >= 0.6 is 0 Å². The Balaban J connectivity index is 1.51. The average Bonchev–Trinajstić information content (AvgIpc) is 2.80. The molecule has 0 bridgehead atoms. The van der Waals surface area contributed by atoms with Gasteiger partial charge in [-0.25, -0.2) is 0 Å². The zero-order chi connectivity index (χ0) is 19.4. The molecular weight excluding hydrogens is 344 g/mol. The number of ether oxygens (including phenoxy) is 2. The highest BCUT2D eigenvalue weighted by molar-refractivity contribution is 5.77. The molecule has 0 N–H and O–H groups in total. The molecule has 2 nitrogen and oxygen atoms in total. The van der Waals surface area contributed by atoms with Gasteiger partial charge in [0.05, 0.1) is 0 Å². The molecule has 0 amide bonds. The van der Waals surface area contributed by atoms with Crippen LogP contribution in [-0.2, 0) is 9.47 Å². The van der Waals surface area contributed by atoms with Crippen LogP contribution in [0.1, 0.15) is 12.0 Å². The predicted octanol–water partition coefficient (Wildman–Crippen LogP) is 6.35. The zero-order valence-corrected chi connectivity index (χ0v) is 16.3. The van der Waals surface area contributed by atoms with Crippen molar-refractivity contribution in [3.05, 3.63) is 103 Å². The summed E-state index contributed by atoms with van der Waals surface area (Å²) in [6.07, 6.45) is 6.92. The van der Waals surface area contributed by atoms with Gasteiger partial charge >= 0.3 is 0 Å². The molecule has 0 radical (unpaired) electrons. The Labute approximate surface area is 166 Å². The second-order valence-corrected chi connectivity index (χ2v) is 6.94. The molecule has 1 aliphatic rings. The maximum absolute atomic E-state index is 5.48. The van der Waals surface area contributed by atoms with Crippen molar-refractivity contribution in [3.8, 4) is 22.3 Å². The first kappa shape index (κ1) is 18.4. The van der Waals surface area contributed by atoms with Gasteiger partial charge in [-0.2, -0.15) is 0 Å². The van der Waals surface area contributed by atoms with Crippen molar-refractivity contribution in [2.24, 2.45) is 0 Å². The fourth-order valence-corrected chi connectivity index (χ4v) is 3.55. The van der Waals surface area contributed by atoms with Gasteiger partial charge in [0.1, 0.15) is 0 Å². The molecule has 0 spiro atoms. The van der Waals surface area contributed by atoms with Gasteiger partial charge in [-0.1, -0.05) is 91.0 Å². The third-order valence-corrected chi connectivity index (χ3v) is 5.36. The first-order valence-electron chi connectivity index (χ1n) is 9.49. The van der Waals surface area contributed by atoms with Crippen LogP contribution in [0.25, 0.3) is 27.8 Å². The van der Waals surface area contributed by atoms with Crippen molar-refractivity contribution in [2.75, 3.05) is 14.2 Å². The third-order valence-electron chi connectivity index (χ3n) is 5.36. The molecular formula is C26H24O2. The van der Waals surface area contributed by atoms with Crippen LogP contribution in [0.5, 0.6) is 0 Å². The largest absolute Gasteiger partial charge is 0.349 e. The molecule has 0 saturated heterocycles. The van der Waals surface area contributed by atoms with E-state index in [2.05, 4.69) is 84.9 Å². The maximum Gasteiger partial charge on any atom is 0.190 e. The Morgan fingerprint density at radius 1 is 0.607 bits per heavy atom. The highest BCUT2D eigenvalue weighted by Gasteiger charge is 2.27. The molecule has 4 rings (SSSR count). The first-order chi connectivity index (χ1) is 13.7. The van der Waals surface area contributed by atoms with E-state index in [1.807, 2.05) is 12.1 Å². The molecule has 140 valence electrons. The van der Waals surface area contributed by atoms with E-state index >= 15 is 0 Å². The van der Waals surface area contributed by atoms with E-state index in [1.54, 1.807) is 14.2 Å². The van der Waals surface area contributed by atoms with E-state index < -0.39 is 5.79 Å². The Bertz CT molecular complexity index is 977. The molecule has 1 aliphatic carbocycles. The van der Waals surface area contributed by atoms with Crippen molar-refractivity contribution in [2.45, 2.75) is 12.2 Å². The van der Waals surface area contributed by atoms with Crippen LogP contribution in [0, 0.1) is 0 Å². The lowest BCUT2D eigenvalue weighted by Crippen LogP contribution is -2.31. The summed E-state index contributed by atoms with van der Waals surface area (Å²) in [7, 11) is 3.34. The highest BCUT2D eigenvalue weighted by atomic mass is 16.7. The number of hydrogen-bond donors (Lipinski definition) is 0. The average molecular weight is 368 g/mol. The molecule has 0 aliphatic heterocycles. The molecule has 0 heterocycles. The third kappa shape index (κ3) is 3.70. The van der Waals surface area contributed by atoms with E-state index in [4.69, 9.17) is 9.47 Å². The number of benzene rings is 3. The van der Waals surface area contributed by atoms with E-state index in [-0.39, 0.29) is 0 Å². The molecule has 28 heavy (non-hydrogen) atoms. The van der Waals surface area contributed by atoms with E-state index in [9.17, 15) is 0 Å². The van der Waals surface area contributed by atoms with Crippen LogP contribution in [0.2, 0.25) is 0 Å². The summed E-state index contributed by atoms with van der Waals surface area (Å²) in [4.78, 5) is 0. The van der Waals surface area contributed by atoms with Crippen LogP contribution in [0.4, 0.5) is 0 Å². The van der Waals surface area contributed by atoms with Crippen molar-refractivity contribution in [3.63, 3.8) is 0 Å². The normalized spacial score (nSPS) is 15.3. The van der Waals surface area contributed by atoms with Crippen molar-refractivity contribution in [1.82, 2.24) is 0 Å². The molecule has 0 atom stereocenters. The van der Waals surface area contributed by atoms with E-state index in [1.165, 1.54) is 33.4 Å². The minimum Gasteiger partial charge on any atom is -0.349 e. The second kappa shape index (κ2) is 7.97. The summed E-state index contributed by atoms with van der Waals surface area (Å²) >= 11 is 0. The SMILES string of the molecule is COC1(OC)C=CC(c2ccc(-c3ccc(-c4ccccc4)cc3)cc2)=CC1. The molecule has 0 fully saturated rings. The highest BCUT2D eigenvalue weighted by Crippen LogP contribution is 2.31. The molecule has 0 saturated carbocycles. The molecule has 3 aromatic carbocycles. The standard InChI is InChI=1S/C26H24O2/c1-27-26(28-2)18-16-25(17-19-26)24-14-12-23(13-15-24)22-10-8-21(9-11-22)20-6-4-3-5-7-20/h3-18H,19H2,1-2H3. The van der Waals surface area contributed by atoms with Gasteiger partial charge in [-0.05, 0) is 39.5 Å². The Kier molecular flexibility index (Phi) is 5.25. The van der Waals surface area contributed by atoms with Gasteiger partial charge in [0.2, 0.25) is 0 Å². The minimum atomic E-state index is -0.635. The number of hydrogen-bond acceptors (Lipinski definition) is 2. The minimum absolute atomic E-state index is 0.635. The number of rotatable bonds is 5. The Morgan fingerprint density at radius 2 is 1.07 bits per heavy atom. The van der Waals surface area contributed by atoms with Crippen LogP contribution in [0.15, 0.2) is 97.1 Å². The lowest BCUT2D eigenvalue weighted by atomic mass is 9.94. The molecule has 0 aromatic heterocycles. The monoisotopic (exact) mass is 368 g/mol. The quantitative estimate of drug-likeness (QED) is 0.488. The lowest BCUT2D eigenvalue weighted by molar-refractivity contribution is -0.167. The van der Waals surface area contributed by atoms with E-state index in [0.29, 0.717) is 6.42 Å². The first-order valence-corrected chi connectivity index (χ1v) is 9.49. The van der Waals surface area contributed by atoms with Gasteiger partial charge in [0, 0.05) is 20.6 Å². The smallest absolute Gasteiger partial charge is 0.190 e. The maximum atomic E-state index is 5.48. The van der Waals surface area contributed by atoms with Crippen LogP contribution in [-0.4, -0.2) is 20.0 Å².